The largest absolute Gasteiger partial charge is 0.497 e. The number of methoxy groups -OCH3 is 1. The molecule has 0 aliphatic rings. The Morgan fingerprint density at radius 3 is 2.58 bits per heavy atom. The van der Waals surface area contributed by atoms with E-state index in [1.807, 2.05) is 19.1 Å². The smallest absolute Gasteiger partial charge is 0.117 e. The number of nitrogens with two attached hydrogens (primary N) is 1. The topological polar surface area (TPSA) is 35.2 Å². The standard InChI is InChI=1S/C10H17NO/c1-4-6-10(12-3)9(2)7-5-8-11/h5-8H,4,11H2,1-3H3/b8-5-,9-7-,10-6+. The summed E-state index contributed by atoms with van der Waals surface area (Å²) in [5.74, 6) is 0.913. The van der Waals surface area contributed by atoms with Gasteiger partial charge < -0.3 is 10.5 Å². The summed E-state index contributed by atoms with van der Waals surface area (Å²) < 4.78 is 5.17. The van der Waals surface area contributed by atoms with E-state index in [0.29, 0.717) is 0 Å². The summed E-state index contributed by atoms with van der Waals surface area (Å²) in [4.78, 5) is 0. The molecule has 0 radical (unpaired) electrons. The van der Waals surface area contributed by atoms with Crippen LogP contribution >= 0.6 is 0 Å². The molecular weight excluding hydrogens is 150 g/mol. The predicted octanol–water partition coefficient (Wildman–Crippen LogP) is 2.35. The van der Waals surface area contributed by atoms with Gasteiger partial charge in [0.15, 0.2) is 0 Å². The number of hydrogen-bond donors (Lipinski definition) is 1. The van der Waals surface area contributed by atoms with E-state index in [1.54, 1.807) is 13.2 Å². The molecule has 2 nitrogen and oxygen atoms in total. The average Bonchev–Trinajstić information content (AvgIpc) is 2.10. The van der Waals surface area contributed by atoms with Crippen molar-refractivity contribution in [3.05, 3.63) is 35.8 Å². The Hall–Kier alpha value is -1.18. The first-order valence-corrected chi connectivity index (χ1v) is 4.06. The lowest BCUT2D eigenvalue weighted by atomic mass is 10.2. The number of hydrogen-bond acceptors (Lipinski definition) is 2. The predicted molar refractivity (Wildman–Crippen MR) is 52.5 cm³/mol. The van der Waals surface area contributed by atoms with Crippen molar-refractivity contribution in [3.8, 4) is 0 Å². The van der Waals surface area contributed by atoms with Crippen LogP contribution in [0.5, 0.6) is 0 Å². The molecule has 0 amide bonds. The Balaban J connectivity index is 4.40. The van der Waals surface area contributed by atoms with Crippen LogP contribution in [0.25, 0.3) is 0 Å². The van der Waals surface area contributed by atoms with Crippen LogP contribution in [0.2, 0.25) is 0 Å². The van der Waals surface area contributed by atoms with Crippen molar-refractivity contribution in [2.45, 2.75) is 20.3 Å². The normalized spacial score (nSPS) is 13.9. The first kappa shape index (κ1) is 10.8. The molecule has 0 aromatic heterocycles. The molecule has 2 N–H and O–H groups in total. The number of allylic oxidation sites excluding steroid dienone is 4. The third kappa shape index (κ3) is 3.86. The van der Waals surface area contributed by atoms with E-state index in [4.69, 9.17) is 10.5 Å². The summed E-state index contributed by atoms with van der Waals surface area (Å²) in [6.45, 7) is 4.07. The SMILES string of the molecule is CC\C=C(OC)/C(C)=C\C=C/N. The molecular formula is C10H17NO. The summed E-state index contributed by atoms with van der Waals surface area (Å²) in [5.41, 5.74) is 6.29. The summed E-state index contributed by atoms with van der Waals surface area (Å²) in [7, 11) is 1.67. The lowest BCUT2D eigenvalue weighted by molar-refractivity contribution is 0.299. The molecule has 0 atom stereocenters. The van der Waals surface area contributed by atoms with Crippen molar-refractivity contribution in [2.75, 3.05) is 7.11 Å². The maximum atomic E-state index is 5.21. The van der Waals surface area contributed by atoms with E-state index in [-0.39, 0.29) is 0 Å². The molecule has 0 saturated heterocycles. The molecule has 68 valence electrons. The van der Waals surface area contributed by atoms with E-state index in [2.05, 4.69) is 6.92 Å². The van der Waals surface area contributed by atoms with Gasteiger partial charge in [-0.05, 0) is 37.3 Å². The minimum atomic E-state index is 0.913. The van der Waals surface area contributed by atoms with Gasteiger partial charge in [-0.2, -0.15) is 0 Å². The lowest BCUT2D eigenvalue weighted by Gasteiger charge is -2.04. The molecule has 0 unspecified atom stereocenters. The van der Waals surface area contributed by atoms with Gasteiger partial charge in [-0.25, -0.2) is 0 Å². The molecule has 12 heavy (non-hydrogen) atoms. The monoisotopic (exact) mass is 167 g/mol. The first-order chi connectivity index (χ1) is 5.76. The van der Waals surface area contributed by atoms with Crippen molar-refractivity contribution in [1.82, 2.24) is 0 Å². The van der Waals surface area contributed by atoms with Gasteiger partial charge in [0.1, 0.15) is 5.76 Å². The van der Waals surface area contributed by atoms with Crippen LogP contribution in [-0.4, -0.2) is 7.11 Å². The van der Waals surface area contributed by atoms with Gasteiger partial charge in [0.2, 0.25) is 0 Å². The highest BCUT2D eigenvalue weighted by Gasteiger charge is 1.95. The second-order valence-corrected chi connectivity index (χ2v) is 2.42. The van der Waals surface area contributed by atoms with E-state index in [9.17, 15) is 0 Å². The van der Waals surface area contributed by atoms with Crippen LogP contribution in [0.4, 0.5) is 0 Å². The Bertz CT molecular complexity index is 202. The fourth-order valence-corrected chi connectivity index (χ4v) is 0.873. The highest BCUT2D eigenvalue weighted by molar-refractivity contribution is 5.27. The average molecular weight is 167 g/mol. The summed E-state index contributed by atoms with van der Waals surface area (Å²) in [5, 5.41) is 0. The van der Waals surface area contributed by atoms with E-state index >= 15 is 0 Å². The van der Waals surface area contributed by atoms with Crippen LogP contribution in [0.1, 0.15) is 20.3 Å². The minimum Gasteiger partial charge on any atom is -0.497 e. The maximum absolute atomic E-state index is 5.21. The second kappa shape index (κ2) is 6.53. The van der Waals surface area contributed by atoms with Crippen LogP contribution in [0.3, 0.4) is 0 Å². The molecule has 0 saturated carbocycles. The zero-order valence-corrected chi connectivity index (χ0v) is 8.00. The van der Waals surface area contributed by atoms with Crippen LogP contribution in [0.15, 0.2) is 35.8 Å². The Kier molecular flexibility index (Phi) is 5.88. The maximum Gasteiger partial charge on any atom is 0.117 e. The van der Waals surface area contributed by atoms with Crippen molar-refractivity contribution >= 4 is 0 Å². The molecule has 2 heteroatoms. The van der Waals surface area contributed by atoms with Gasteiger partial charge in [-0.3, -0.25) is 0 Å². The molecule has 0 aliphatic heterocycles. The molecule has 0 bridgehead atoms. The van der Waals surface area contributed by atoms with Gasteiger partial charge in [0.25, 0.3) is 0 Å². The van der Waals surface area contributed by atoms with Crippen molar-refractivity contribution in [2.24, 2.45) is 5.73 Å². The van der Waals surface area contributed by atoms with E-state index in [1.165, 1.54) is 6.20 Å². The highest BCUT2D eigenvalue weighted by Crippen LogP contribution is 2.10. The third-order valence-electron chi connectivity index (χ3n) is 1.46. The van der Waals surface area contributed by atoms with Crippen LogP contribution in [0, 0.1) is 0 Å². The number of rotatable bonds is 4. The second-order valence-electron chi connectivity index (χ2n) is 2.42. The molecule has 0 aromatic rings. The quantitative estimate of drug-likeness (QED) is 0.515. The molecule has 0 fully saturated rings. The van der Waals surface area contributed by atoms with Gasteiger partial charge in [-0.15, -0.1) is 0 Å². The molecule has 0 spiro atoms. The third-order valence-corrected chi connectivity index (χ3v) is 1.46. The zero-order valence-electron chi connectivity index (χ0n) is 8.00. The summed E-state index contributed by atoms with van der Waals surface area (Å²) >= 11 is 0. The van der Waals surface area contributed by atoms with E-state index in [0.717, 1.165) is 17.8 Å². The number of ether oxygens (including phenoxy) is 1. The molecule has 0 heterocycles. The Morgan fingerprint density at radius 1 is 1.50 bits per heavy atom. The minimum absolute atomic E-state index is 0.913. The van der Waals surface area contributed by atoms with Gasteiger partial charge in [0.05, 0.1) is 7.11 Å². The molecule has 0 aliphatic carbocycles. The fourth-order valence-electron chi connectivity index (χ4n) is 0.873. The molecule has 0 rings (SSSR count). The fraction of sp³-hybridized carbons (Fsp3) is 0.400. The zero-order chi connectivity index (χ0) is 9.40. The van der Waals surface area contributed by atoms with Gasteiger partial charge in [0, 0.05) is 0 Å². The van der Waals surface area contributed by atoms with Crippen LogP contribution in [-0.2, 0) is 4.74 Å². The summed E-state index contributed by atoms with van der Waals surface area (Å²) in [6.07, 6.45) is 8.22. The highest BCUT2D eigenvalue weighted by atomic mass is 16.5. The summed E-state index contributed by atoms with van der Waals surface area (Å²) in [6, 6.07) is 0. The van der Waals surface area contributed by atoms with E-state index < -0.39 is 0 Å². The molecule has 0 aromatic carbocycles. The van der Waals surface area contributed by atoms with Gasteiger partial charge >= 0.3 is 0 Å². The lowest BCUT2D eigenvalue weighted by Crippen LogP contribution is -1.88. The van der Waals surface area contributed by atoms with Crippen molar-refractivity contribution in [1.29, 1.82) is 0 Å². The first-order valence-electron chi connectivity index (χ1n) is 4.06. The van der Waals surface area contributed by atoms with Crippen molar-refractivity contribution < 1.29 is 4.74 Å². The van der Waals surface area contributed by atoms with Crippen molar-refractivity contribution in [3.63, 3.8) is 0 Å². The van der Waals surface area contributed by atoms with Gasteiger partial charge in [-0.1, -0.05) is 13.0 Å². The van der Waals surface area contributed by atoms with Crippen LogP contribution < -0.4 is 5.73 Å². The Morgan fingerprint density at radius 2 is 2.17 bits per heavy atom. The Labute approximate surface area is 74.4 Å².